The van der Waals surface area contributed by atoms with Crippen LogP contribution in [-0.4, -0.2) is 32.8 Å². The molecule has 2 amide bonds. The average molecular weight is 371 g/mol. The number of likely N-dealkylation sites (tertiary alicyclic amines) is 1. The van der Waals surface area contributed by atoms with Gasteiger partial charge in [0.05, 0.1) is 12.8 Å². The summed E-state index contributed by atoms with van der Waals surface area (Å²) in [6, 6.07) is 4.92. The van der Waals surface area contributed by atoms with Crippen molar-refractivity contribution in [3.8, 4) is 11.5 Å². The van der Waals surface area contributed by atoms with Gasteiger partial charge >= 0.3 is 6.03 Å². The number of hydrogen-bond acceptors (Lipinski definition) is 7. The highest BCUT2D eigenvalue weighted by molar-refractivity contribution is 5.74. The van der Waals surface area contributed by atoms with Gasteiger partial charge in [0.1, 0.15) is 11.7 Å². The Morgan fingerprint density at radius 2 is 2.22 bits per heavy atom. The van der Waals surface area contributed by atoms with Crippen molar-refractivity contribution in [2.75, 3.05) is 6.54 Å². The Labute approximate surface area is 155 Å². The van der Waals surface area contributed by atoms with Crippen molar-refractivity contribution in [1.29, 1.82) is 0 Å². The summed E-state index contributed by atoms with van der Waals surface area (Å²) in [6.45, 7) is 4.91. The SMILES string of the molecule is CC(C)c1noc([C@@H]2CCCN2C(=O)NCc2cc(-c3ccco3)on2)n1. The first-order valence-electron chi connectivity index (χ1n) is 8.99. The summed E-state index contributed by atoms with van der Waals surface area (Å²) in [5, 5.41) is 10.8. The average Bonchev–Trinajstić information content (AvgIpc) is 3.46. The molecule has 142 valence electrons. The van der Waals surface area contributed by atoms with Crippen LogP contribution in [0.2, 0.25) is 0 Å². The summed E-state index contributed by atoms with van der Waals surface area (Å²) in [4.78, 5) is 18.8. The van der Waals surface area contributed by atoms with Gasteiger partial charge in [-0.15, -0.1) is 0 Å². The molecule has 4 heterocycles. The number of furan rings is 1. The highest BCUT2D eigenvalue weighted by Crippen LogP contribution is 2.31. The number of nitrogens with zero attached hydrogens (tertiary/aromatic N) is 4. The van der Waals surface area contributed by atoms with E-state index in [0.717, 1.165) is 12.8 Å². The lowest BCUT2D eigenvalue weighted by Crippen LogP contribution is -2.39. The zero-order valence-corrected chi connectivity index (χ0v) is 15.2. The lowest BCUT2D eigenvalue weighted by molar-refractivity contribution is 0.179. The van der Waals surface area contributed by atoms with Crippen molar-refractivity contribution in [1.82, 2.24) is 25.5 Å². The number of carbonyl (C=O) groups is 1. The van der Waals surface area contributed by atoms with Crippen LogP contribution in [0.25, 0.3) is 11.5 Å². The first-order chi connectivity index (χ1) is 13.1. The van der Waals surface area contributed by atoms with Crippen molar-refractivity contribution in [2.24, 2.45) is 0 Å². The van der Waals surface area contributed by atoms with Crippen LogP contribution >= 0.6 is 0 Å². The van der Waals surface area contributed by atoms with E-state index in [1.807, 2.05) is 13.8 Å². The molecule has 3 aromatic rings. The number of aromatic nitrogens is 3. The zero-order valence-electron chi connectivity index (χ0n) is 15.2. The maximum Gasteiger partial charge on any atom is 0.318 e. The molecule has 0 aromatic carbocycles. The van der Waals surface area contributed by atoms with Crippen molar-refractivity contribution in [3.63, 3.8) is 0 Å². The molecule has 1 atom stereocenters. The maximum atomic E-state index is 12.6. The summed E-state index contributed by atoms with van der Waals surface area (Å²) >= 11 is 0. The van der Waals surface area contributed by atoms with Crippen LogP contribution in [0.4, 0.5) is 4.79 Å². The number of amides is 2. The molecule has 1 aliphatic heterocycles. The maximum absolute atomic E-state index is 12.6. The number of carbonyl (C=O) groups excluding carboxylic acids is 1. The van der Waals surface area contributed by atoms with Gasteiger partial charge in [0, 0.05) is 18.5 Å². The molecule has 1 aliphatic rings. The second-order valence-corrected chi connectivity index (χ2v) is 6.82. The molecule has 1 saturated heterocycles. The van der Waals surface area contributed by atoms with Crippen LogP contribution < -0.4 is 5.32 Å². The van der Waals surface area contributed by atoms with Gasteiger partial charge in [-0.1, -0.05) is 24.2 Å². The lowest BCUT2D eigenvalue weighted by Gasteiger charge is -2.21. The second-order valence-electron chi connectivity index (χ2n) is 6.82. The third kappa shape index (κ3) is 3.57. The second kappa shape index (κ2) is 7.26. The van der Waals surface area contributed by atoms with Gasteiger partial charge in [0.2, 0.25) is 11.7 Å². The minimum absolute atomic E-state index is 0.182. The molecule has 0 radical (unpaired) electrons. The van der Waals surface area contributed by atoms with E-state index in [1.54, 1.807) is 29.4 Å². The van der Waals surface area contributed by atoms with Gasteiger partial charge < -0.3 is 23.7 Å². The van der Waals surface area contributed by atoms with Gasteiger partial charge in [0.25, 0.3) is 0 Å². The monoisotopic (exact) mass is 371 g/mol. The van der Waals surface area contributed by atoms with E-state index < -0.39 is 0 Å². The van der Waals surface area contributed by atoms with Crippen LogP contribution in [-0.2, 0) is 6.54 Å². The smallest absolute Gasteiger partial charge is 0.318 e. The van der Waals surface area contributed by atoms with E-state index in [1.165, 1.54) is 0 Å². The molecular weight excluding hydrogens is 350 g/mol. The fraction of sp³-hybridized carbons (Fsp3) is 0.444. The summed E-state index contributed by atoms with van der Waals surface area (Å²) in [6.07, 6.45) is 3.26. The molecule has 9 nitrogen and oxygen atoms in total. The van der Waals surface area contributed by atoms with E-state index in [0.29, 0.717) is 35.5 Å². The van der Waals surface area contributed by atoms with Crippen LogP contribution in [0, 0.1) is 0 Å². The molecular formula is C18H21N5O4. The van der Waals surface area contributed by atoms with Crippen molar-refractivity contribution in [2.45, 2.75) is 45.2 Å². The van der Waals surface area contributed by atoms with Crippen LogP contribution in [0.1, 0.15) is 56.1 Å². The molecule has 0 unspecified atom stereocenters. The highest BCUT2D eigenvalue weighted by Gasteiger charge is 2.34. The third-order valence-corrected chi connectivity index (χ3v) is 4.52. The van der Waals surface area contributed by atoms with Crippen molar-refractivity contribution in [3.05, 3.63) is 41.9 Å². The minimum atomic E-state index is -0.194. The molecule has 9 heteroatoms. The van der Waals surface area contributed by atoms with E-state index in [4.69, 9.17) is 13.5 Å². The van der Waals surface area contributed by atoms with E-state index >= 15 is 0 Å². The molecule has 3 aromatic heterocycles. The van der Waals surface area contributed by atoms with E-state index in [2.05, 4.69) is 20.6 Å². The van der Waals surface area contributed by atoms with Gasteiger partial charge in [-0.2, -0.15) is 4.98 Å². The Balaban J connectivity index is 1.38. The summed E-state index contributed by atoms with van der Waals surface area (Å²) in [5.74, 6) is 2.45. The standard InChI is InChI=1S/C18H21N5O4/c1-11(2)16-20-17(27-22-16)13-5-3-7-23(13)18(24)19-10-12-9-15(26-21-12)14-6-4-8-25-14/h4,6,8-9,11,13H,3,5,7,10H2,1-2H3,(H,19,24)/t13-/m0/s1. The summed E-state index contributed by atoms with van der Waals surface area (Å²) in [7, 11) is 0. The fourth-order valence-electron chi connectivity index (χ4n) is 3.08. The molecule has 0 saturated carbocycles. The van der Waals surface area contributed by atoms with Crippen molar-refractivity contribution < 1.29 is 18.3 Å². The van der Waals surface area contributed by atoms with Crippen molar-refractivity contribution >= 4 is 6.03 Å². The first kappa shape index (κ1) is 17.3. The Kier molecular flexibility index (Phi) is 4.66. The molecule has 27 heavy (non-hydrogen) atoms. The molecule has 1 N–H and O–H groups in total. The summed E-state index contributed by atoms with van der Waals surface area (Å²) in [5.41, 5.74) is 0.616. The number of nitrogens with one attached hydrogen (secondary N) is 1. The van der Waals surface area contributed by atoms with E-state index in [-0.39, 0.29) is 24.5 Å². The molecule has 0 aliphatic carbocycles. The summed E-state index contributed by atoms with van der Waals surface area (Å²) < 4.78 is 15.9. The Morgan fingerprint density at radius 1 is 1.33 bits per heavy atom. The predicted octanol–water partition coefficient (Wildman–Crippen LogP) is 3.49. The molecule has 0 spiro atoms. The van der Waals surface area contributed by atoms with Gasteiger partial charge in [-0.05, 0) is 25.0 Å². The van der Waals surface area contributed by atoms with Gasteiger partial charge in [-0.3, -0.25) is 0 Å². The number of urea groups is 1. The Hall–Kier alpha value is -3.10. The highest BCUT2D eigenvalue weighted by atomic mass is 16.5. The minimum Gasteiger partial charge on any atom is -0.461 e. The Bertz CT molecular complexity index is 899. The van der Waals surface area contributed by atoms with Gasteiger partial charge in [-0.25, -0.2) is 4.79 Å². The number of rotatable bonds is 5. The third-order valence-electron chi connectivity index (χ3n) is 4.52. The van der Waals surface area contributed by atoms with Crippen LogP contribution in [0.5, 0.6) is 0 Å². The zero-order chi connectivity index (χ0) is 18.8. The predicted molar refractivity (Wildman–Crippen MR) is 93.5 cm³/mol. The Morgan fingerprint density at radius 3 is 2.96 bits per heavy atom. The van der Waals surface area contributed by atoms with Gasteiger partial charge in [0.15, 0.2) is 11.6 Å². The fourth-order valence-corrected chi connectivity index (χ4v) is 3.08. The molecule has 4 rings (SSSR count). The molecule has 1 fully saturated rings. The largest absolute Gasteiger partial charge is 0.461 e. The molecule has 0 bridgehead atoms. The normalized spacial score (nSPS) is 17.0. The van der Waals surface area contributed by atoms with Crippen LogP contribution in [0.3, 0.4) is 0 Å². The van der Waals surface area contributed by atoms with E-state index in [9.17, 15) is 4.79 Å². The van der Waals surface area contributed by atoms with Crippen LogP contribution in [0.15, 0.2) is 37.9 Å². The topological polar surface area (TPSA) is 110 Å². The lowest BCUT2D eigenvalue weighted by atomic mass is 10.2. The first-order valence-corrected chi connectivity index (χ1v) is 8.99. The number of hydrogen-bond donors (Lipinski definition) is 1. The quantitative estimate of drug-likeness (QED) is 0.731.